The van der Waals surface area contributed by atoms with Crippen LogP contribution in [0.3, 0.4) is 0 Å². The summed E-state index contributed by atoms with van der Waals surface area (Å²) in [6.45, 7) is 7.78. The largest absolute Gasteiger partial charge is 0.396 e. The van der Waals surface area contributed by atoms with Crippen LogP contribution in [0.25, 0.3) is 12.2 Å². The molecule has 8 rings (SSSR count). The van der Waals surface area contributed by atoms with E-state index >= 15 is 0 Å². The number of aliphatic hydroxyl groups excluding tert-OH is 2. The zero-order valence-electron chi connectivity index (χ0n) is 36.8. The number of hydrogen-bond acceptors (Lipinski definition) is 8. The van der Waals surface area contributed by atoms with E-state index in [1.807, 2.05) is 98.8 Å². The van der Waals surface area contributed by atoms with Gasteiger partial charge in [0.2, 0.25) is 23.6 Å². The Kier molecular flexibility index (Phi) is 14.3. The number of benzene rings is 2. The summed E-state index contributed by atoms with van der Waals surface area (Å²) in [5.74, 6) is -2.26. The lowest BCUT2D eigenvalue weighted by Gasteiger charge is -2.30. The summed E-state index contributed by atoms with van der Waals surface area (Å²) in [5, 5.41) is 26.3. The second-order valence-electron chi connectivity index (χ2n) is 17.0. The molecule has 6 heterocycles. The standard InChI is InChI=1S/2C25H29N3O4/c2*1-3-7-18-10-11-21-22-19(14-27(21)25(18)32)20(15-29)23(28(22)16(2)30)24(31)26-13-12-17-8-5-4-6-9-17/h2*3-11,19-20,22-23,29H,12-15H2,1-2H3,(H,26,31)/b7-3+;7-3-/t2*19-,20-,22+,23-/m11/s1. The van der Waals surface area contributed by atoms with Crippen molar-refractivity contribution in [2.24, 2.45) is 23.7 Å². The summed E-state index contributed by atoms with van der Waals surface area (Å²) in [6.07, 6.45) is 8.52. The Morgan fingerprint density at radius 1 is 0.594 bits per heavy atom. The van der Waals surface area contributed by atoms with Crippen LogP contribution in [0.5, 0.6) is 0 Å². The highest BCUT2D eigenvalue weighted by Crippen LogP contribution is 2.50. The molecule has 4 aromatic rings. The van der Waals surface area contributed by atoms with Crippen LogP contribution in [-0.4, -0.2) is 91.2 Å². The third kappa shape index (κ3) is 8.76. The van der Waals surface area contributed by atoms with Gasteiger partial charge in [-0.1, -0.05) is 85.0 Å². The van der Waals surface area contributed by atoms with Crippen LogP contribution >= 0.6 is 0 Å². The molecule has 0 unspecified atom stereocenters. The molecule has 4 aliphatic rings. The molecule has 2 saturated heterocycles. The minimum Gasteiger partial charge on any atom is -0.396 e. The van der Waals surface area contributed by atoms with E-state index < -0.39 is 36.0 Å². The second-order valence-corrected chi connectivity index (χ2v) is 17.0. The first kappa shape index (κ1) is 45.6. The maximum atomic E-state index is 13.2. The molecule has 8 atom stereocenters. The zero-order chi connectivity index (χ0) is 45.7. The Morgan fingerprint density at radius 2 is 0.969 bits per heavy atom. The van der Waals surface area contributed by atoms with E-state index in [1.165, 1.54) is 13.8 Å². The molecule has 4 N–H and O–H groups in total. The van der Waals surface area contributed by atoms with E-state index in [9.17, 15) is 39.0 Å². The number of fused-ring (bicyclic) bond motifs is 6. The summed E-state index contributed by atoms with van der Waals surface area (Å²) in [6, 6.07) is 24.6. The Labute approximate surface area is 372 Å². The number of amides is 4. The van der Waals surface area contributed by atoms with Crippen molar-refractivity contribution in [2.75, 3.05) is 26.3 Å². The minimum absolute atomic E-state index is 0.112. The number of carbonyl (C=O) groups is 4. The van der Waals surface area contributed by atoms with Crippen molar-refractivity contribution in [3.05, 3.63) is 151 Å². The van der Waals surface area contributed by atoms with Gasteiger partial charge >= 0.3 is 0 Å². The number of carbonyl (C=O) groups excluding carboxylic acids is 4. The highest BCUT2D eigenvalue weighted by atomic mass is 16.3. The smallest absolute Gasteiger partial charge is 0.258 e. The topological polar surface area (TPSA) is 183 Å². The third-order valence-corrected chi connectivity index (χ3v) is 13.3. The first-order valence-electron chi connectivity index (χ1n) is 22.1. The quantitative estimate of drug-likeness (QED) is 0.167. The molecular formula is C50H58N6O8. The lowest BCUT2D eigenvalue weighted by Crippen LogP contribution is -2.50. The Morgan fingerprint density at radius 3 is 1.30 bits per heavy atom. The summed E-state index contributed by atoms with van der Waals surface area (Å²) >= 11 is 0. The van der Waals surface area contributed by atoms with Gasteiger partial charge in [-0.25, -0.2) is 0 Å². The molecule has 2 aromatic carbocycles. The Balaban J connectivity index is 0.000000191. The SMILES string of the molecule is C/C=C/c1ccc2n(c1=O)C[C@@H]1[C@@H](CO)[C@H](C(=O)NCCc3ccccc3)N(C(C)=O)[C@H]21.C/C=C\c1ccc2n(c1=O)C[C@@H]1[C@@H](CO)[C@H](C(=O)NCCc3ccccc3)N(C(C)=O)[C@H]21. The van der Waals surface area contributed by atoms with Gasteiger partial charge in [0, 0.05) is 99.4 Å². The maximum Gasteiger partial charge on any atom is 0.258 e. The predicted molar refractivity (Wildman–Crippen MR) is 243 cm³/mol. The van der Waals surface area contributed by atoms with Crippen molar-refractivity contribution >= 4 is 35.8 Å². The monoisotopic (exact) mass is 870 g/mol. The normalized spacial score (nSPS) is 23.9. The number of pyridine rings is 2. The van der Waals surface area contributed by atoms with Gasteiger partial charge in [-0.05, 0) is 62.1 Å². The maximum absolute atomic E-state index is 13.2. The number of aliphatic hydroxyl groups is 2. The van der Waals surface area contributed by atoms with Crippen molar-refractivity contribution in [1.82, 2.24) is 29.6 Å². The molecule has 4 amide bonds. The fraction of sp³-hybridized carbons (Fsp3) is 0.400. The lowest BCUT2D eigenvalue weighted by molar-refractivity contribution is -0.140. The third-order valence-electron chi connectivity index (χ3n) is 13.3. The molecule has 0 bridgehead atoms. The van der Waals surface area contributed by atoms with Crippen molar-refractivity contribution in [2.45, 2.75) is 77.8 Å². The van der Waals surface area contributed by atoms with E-state index in [0.717, 1.165) is 22.5 Å². The van der Waals surface area contributed by atoms with Crippen molar-refractivity contribution < 1.29 is 29.4 Å². The predicted octanol–water partition coefficient (Wildman–Crippen LogP) is 3.50. The molecule has 0 saturated carbocycles. The molecule has 4 aliphatic heterocycles. The van der Waals surface area contributed by atoms with Crippen LogP contribution in [-0.2, 0) is 45.1 Å². The number of aromatic nitrogens is 2. The van der Waals surface area contributed by atoms with Gasteiger partial charge in [0.25, 0.3) is 11.1 Å². The van der Waals surface area contributed by atoms with Crippen LogP contribution in [0.2, 0.25) is 0 Å². The van der Waals surface area contributed by atoms with E-state index in [-0.39, 0.29) is 59.8 Å². The molecule has 336 valence electrons. The molecule has 64 heavy (non-hydrogen) atoms. The zero-order valence-corrected chi connectivity index (χ0v) is 36.8. The lowest BCUT2D eigenvalue weighted by atomic mass is 9.88. The average molecular weight is 871 g/mol. The van der Waals surface area contributed by atoms with Crippen LogP contribution in [0.4, 0.5) is 0 Å². The van der Waals surface area contributed by atoms with E-state index in [1.54, 1.807) is 43.2 Å². The molecule has 2 aromatic heterocycles. The fourth-order valence-corrected chi connectivity index (χ4v) is 10.5. The van der Waals surface area contributed by atoms with Crippen molar-refractivity contribution in [1.29, 1.82) is 0 Å². The molecule has 14 nitrogen and oxygen atoms in total. The fourth-order valence-electron chi connectivity index (χ4n) is 10.5. The summed E-state index contributed by atoms with van der Waals surface area (Å²) in [5.41, 5.74) is 4.62. The number of hydrogen-bond donors (Lipinski definition) is 4. The molecule has 0 radical (unpaired) electrons. The Hall–Kier alpha value is -6.38. The second kappa shape index (κ2) is 20.0. The highest BCUT2D eigenvalue weighted by molar-refractivity contribution is 5.89. The van der Waals surface area contributed by atoms with Gasteiger partial charge in [-0.3, -0.25) is 28.8 Å². The first-order chi connectivity index (χ1) is 30.9. The van der Waals surface area contributed by atoms with Crippen LogP contribution in [0.1, 0.15) is 73.4 Å². The van der Waals surface area contributed by atoms with Crippen LogP contribution < -0.4 is 21.8 Å². The van der Waals surface area contributed by atoms with Crippen LogP contribution in [0.15, 0.2) is 107 Å². The van der Waals surface area contributed by atoms with E-state index in [2.05, 4.69) is 10.6 Å². The van der Waals surface area contributed by atoms with Crippen LogP contribution in [0, 0.1) is 23.7 Å². The van der Waals surface area contributed by atoms with Gasteiger partial charge in [0.05, 0.1) is 12.1 Å². The minimum atomic E-state index is -0.762. The molecule has 2 fully saturated rings. The van der Waals surface area contributed by atoms with E-state index in [4.69, 9.17) is 0 Å². The highest BCUT2D eigenvalue weighted by Gasteiger charge is 2.58. The molecular weight excluding hydrogens is 813 g/mol. The van der Waals surface area contributed by atoms with Gasteiger partial charge in [-0.15, -0.1) is 0 Å². The number of allylic oxidation sites excluding steroid dienone is 2. The number of nitrogens with one attached hydrogen (secondary N) is 2. The van der Waals surface area contributed by atoms with Gasteiger partial charge in [0.1, 0.15) is 12.1 Å². The Bertz CT molecular complexity index is 2360. The van der Waals surface area contributed by atoms with Gasteiger partial charge < -0.3 is 39.8 Å². The molecule has 14 heteroatoms. The summed E-state index contributed by atoms with van der Waals surface area (Å²) in [4.78, 5) is 80.7. The summed E-state index contributed by atoms with van der Waals surface area (Å²) in [7, 11) is 0. The number of rotatable bonds is 12. The summed E-state index contributed by atoms with van der Waals surface area (Å²) < 4.78 is 3.37. The van der Waals surface area contributed by atoms with Gasteiger partial charge in [0.15, 0.2) is 0 Å². The number of likely N-dealkylation sites (tertiary alicyclic amines) is 2. The first-order valence-corrected chi connectivity index (χ1v) is 22.1. The van der Waals surface area contributed by atoms with E-state index in [0.29, 0.717) is 50.1 Å². The van der Waals surface area contributed by atoms with Gasteiger partial charge in [-0.2, -0.15) is 0 Å². The molecule has 0 aliphatic carbocycles. The van der Waals surface area contributed by atoms with Crippen molar-refractivity contribution in [3.8, 4) is 0 Å². The average Bonchev–Trinajstić information content (AvgIpc) is 4.03. The number of nitrogens with zero attached hydrogens (tertiary/aromatic N) is 4. The van der Waals surface area contributed by atoms with Crippen molar-refractivity contribution in [3.63, 3.8) is 0 Å². The molecule has 0 spiro atoms.